The van der Waals surface area contributed by atoms with Crippen LogP contribution in [-0.2, 0) is 13.0 Å². The summed E-state index contributed by atoms with van der Waals surface area (Å²) in [5.41, 5.74) is 0.862. The molecule has 0 N–H and O–H groups in total. The predicted molar refractivity (Wildman–Crippen MR) is 102 cm³/mol. The van der Waals surface area contributed by atoms with E-state index in [9.17, 15) is 4.79 Å². The molecule has 0 aromatic carbocycles. The van der Waals surface area contributed by atoms with Crippen molar-refractivity contribution in [1.29, 1.82) is 0 Å². The molecule has 6 nitrogen and oxygen atoms in total. The van der Waals surface area contributed by atoms with Crippen LogP contribution in [0.2, 0.25) is 0 Å². The van der Waals surface area contributed by atoms with Crippen molar-refractivity contribution in [2.45, 2.75) is 64.8 Å². The molecule has 6 heteroatoms. The van der Waals surface area contributed by atoms with Gasteiger partial charge in [-0.25, -0.2) is 4.98 Å². The van der Waals surface area contributed by atoms with Crippen LogP contribution in [0.4, 0.5) is 0 Å². The largest absolute Gasteiger partial charge is 0.351 e. The Hall–Kier alpha value is -2.11. The highest BCUT2D eigenvalue weighted by molar-refractivity contribution is 5.91. The van der Waals surface area contributed by atoms with Gasteiger partial charge in [0.15, 0.2) is 0 Å². The molecule has 1 saturated carbocycles. The first kappa shape index (κ1) is 18.3. The summed E-state index contributed by atoms with van der Waals surface area (Å²) in [7, 11) is 0. The summed E-state index contributed by atoms with van der Waals surface area (Å²) in [6.45, 7) is 6.87. The van der Waals surface area contributed by atoms with Crippen LogP contribution in [-0.4, -0.2) is 38.6 Å². The molecule has 2 aliphatic rings. The van der Waals surface area contributed by atoms with Crippen molar-refractivity contribution in [2.24, 2.45) is 11.8 Å². The van der Waals surface area contributed by atoms with Crippen LogP contribution in [0.15, 0.2) is 23.0 Å². The van der Waals surface area contributed by atoms with Gasteiger partial charge >= 0.3 is 0 Å². The summed E-state index contributed by atoms with van der Waals surface area (Å²) in [6.07, 6.45) is 10.9. The first-order valence-electron chi connectivity index (χ1n) is 10.4. The van der Waals surface area contributed by atoms with Gasteiger partial charge in [0.2, 0.25) is 5.76 Å². The van der Waals surface area contributed by atoms with Gasteiger partial charge in [-0.15, -0.1) is 0 Å². The Morgan fingerprint density at radius 2 is 2.04 bits per heavy atom. The lowest BCUT2D eigenvalue weighted by Gasteiger charge is -2.32. The lowest BCUT2D eigenvalue weighted by Crippen LogP contribution is -2.38. The molecule has 0 bridgehead atoms. The average molecular weight is 370 g/mol. The second-order valence-electron chi connectivity index (χ2n) is 8.58. The molecule has 146 valence electrons. The molecule has 0 spiro atoms. The number of imidazole rings is 1. The van der Waals surface area contributed by atoms with E-state index in [0.717, 1.165) is 50.5 Å². The van der Waals surface area contributed by atoms with Crippen molar-refractivity contribution in [3.05, 3.63) is 35.7 Å². The maximum Gasteiger partial charge on any atom is 0.292 e. The second-order valence-corrected chi connectivity index (χ2v) is 8.58. The normalized spacial score (nSPS) is 18.9. The number of rotatable bonds is 6. The Bertz CT molecular complexity index is 767. The van der Waals surface area contributed by atoms with Crippen LogP contribution in [0, 0.1) is 11.8 Å². The summed E-state index contributed by atoms with van der Waals surface area (Å²) < 4.78 is 7.65. The molecule has 0 radical (unpaired) electrons. The monoisotopic (exact) mass is 370 g/mol. The zero-order chi connectivity index (χ0) is 18.8. The predicted octanol–water partition coefficient (Wildman–Crippen LogP) is 3.89. The van der Waals surface area contributed by atoms with Gasteiger partial charge in [-0.1, -0.05) is 25.4 Å². The molecule has 2 aromatic rings. The van der Waals surface area contributed by atoms with Gasteiger partial charge in [0, 0.05) is 44.0 Å². The molecular formula is C21H30N4O2. The Morgan fingerprint density at radius 3 is 2.70 bits per heavy atom. The smallest absolute Gasteiger partial charge is 0.292 e. The van der Waals surface area contributed by atoms with Crippen molar-refractivity contribution in [3.8, 4) is 0 Å². The van der Waals surface area contributed by atoms with E-state index in [-0.39, 0.29) is 5.91 Å². The topological polar surface area (TPSA) is 64.2 Å². The van der Waals surface area contributed by atoms with E-state index < -0.39 is 0 Å². The SMILES string of the molecule is CC(C)Cc1cc(C(=O)N2CCC(c3nccn3CC3CCC3)CC2)on1. The van der Waals surface area contributed by atoms with Crippen LogP contribution in [0.5, 0.6) is 0 Å². The van der Waals surface area contributed by atoms with E-state index in [1.165, 1.54) is 25.1 Å². The summed E-state index contributed by atoms with van der Waals surface area (Å²) in [6, 6.07) is 1.81. The Kier molecular flexibility index (Phi) is 5.32. The fourth-order valence-corrected chi connectivity index (χ4v) is 4.21. The minimum absolute atomic E-state index is 0.0336. The van der Waals surface area contributed by atoms with Gasteiger partial charge in [0.25, 0.3) is 5.91 Å². The van der Waals surface area contributed by atoms with Gasteiger partial charge in [0.1, 0.15) is 5.82 Å². The molecule has 0 atom stereocenters. The van der Waals surface area contributed by atoms with Crippen LogP contribution in [0.3, 0.4) is 0 Å². The first-order chi connectivity index (χ1) is 13.1. The van der Waals surface area contributed by atoms with Crippen LogP contribution in [0.1, 0.15) is 73.9 Å². The molecule has 27 heavy (non-hydrogen) atoms. The van der Waals surface area contributed by atoms with Gasteiger partial charge in [0.05, 0.1) is 5.69 Å². The third-order valence-corrected chi connectivity index (χ3v) is 5.96. The number of hydrogen-bond acceptors (Lipinski definition) is 4. The molecule has 4 rings (SSSR count). The number of likely N-dealkylation sites (tertiary alicyclic amines) is 1. The van der Waals surface area contributed by atoms with Crippen LogP contribution >= 0.6 is 0 Å². The van der Waals surface area contributed by atoms with Gasteiger partial charge < -0.3 is 14.0 Å². The van der Waals surface area contributed by atoms with E-state index >= 15 is 0 Å². The molecule has 2 aromatic heterocycles. The summed E-state index contributed by atoms with van der Waals surface area (Å²) >= 11 is 0. The number of piperidine rings is 1. The molecule has 1 amide bonds. The summed E-state index contributed by atoms with van der Waals surface area (Å²) in [5.74, 6) is 3.30. The van der Waals surface area contributed by atoms with Crippen molar-refractivity contribution in [3.63, 3.8) is 0 Å². The van der Waals surface area contributed by atoms with E-state index in [1.54, 1.807) is 6.07 Å². The maximum absolute atomic E-state index is 12.7. The number of carbonyl (C=O) groups excluding carboxylic acids is 1. The number of amides is 1. The van der Waals surface area contributed by atoms with Gasteiger partial charge in [-0.2, -0.15) is 0 Å². The van der Waals surface area contributed by atoms with Crippen LogP contribution < -0.4 is 0 Å². The lowest BCUT2D eigenvalue weighted by atomic mass is 9.85. The first-order valence-corrected chi connectivity index (χ1v) is 10.4. The number of nitrogens with zero attached hydrogens (tertiary/aromatic N) is 4. The highest BCUT2D eigenvalue weighted by atomic mass is 16.5. The molecule has 1 aliphatic heterocycles. The van der Waals surface area contributed by atoms with Gasteiger partial charge in [-0.3, -0.25) is 4.79 Å². The molecule has 2 fully saturated rings. The highest BCUT2D eigenvalue weighted by Gasteiger charge is 2.29. The highest BCUT2D eigenvalue weighted by Crippen LogP contribution is 2.32. The molecule has 1 aliphatic carbocycles. The lowest BCUT2D eigenvalue weighted by molar-refractivity contribution is 0.0668. The van der Waals surface area contributed by atoms with Crippen molar-refractivity contribution in [2.75, 3.05) is 13.1 Å². The quantitative estimate of drug-likeness (QED) is 0.774. The maximum atomic E-state index is 12.7. The zero-order valence-electron chi connectivity index (χ0n) is 16.4. The average Bonchev–Trinajstić information content (AvgIpc) is 3.26. The Labute approximate surface area is 160 Å². The Balaban J connectivity index is 1.34. The third-order valence-electron chi connectivity index (χ3n) is 5.96. The standard InChI is InChI=1S/C21H30N4O2/c1-15(2)12-18-13-19(27-23-18)21(26)24-9-6-17(7-10-24)20-22-8-11-25(20)14-16-4-3-5-16/h8,11,13,15-17H,3-7,9-10,12,14H2,1-2H3. The van der Waals surface area contributed by atoms with Crippen molar-refractivity contribution >= 4 is 5.91 Å². The minimum Gasteiger partial charge on any atom is -0.351 e. The number of hydrogen-bond donors (Lipinski definition) is 0. The van der Waals surface area contributed by atoms with Crippen molar-refractivity contribution in [1.82, 2.24) is 19.6 Å². The third kappa shape index (κ3) is 4.09. The van der Waals surface area contributed by atoms with Crippen molar-refractivity contribution < 1.29 is 9.32 Å². The number of carbonyl (C=O) groups is 1. The van der Waals surface area contributed by atoms with E-state index in [4.69, 9.17) is 4.52 Å². The van der Waals surface area contributed by atoms with Gasteiger partial charge in [-0.05, 0) is 43.9 Å². The molecule has 3 heterocycles. The molecule has 0 unspecified atom stereocenters. The fraction of sp³-hybridized carbons (Fsp3) is 0.667. The molecular weight excluding hydrogens is 340 g/mol. The van der Waals surface area contributed by atoms with E-state index in [1.807, 2.05) is 11.1 Å². The van der Waals surface area contributed by atoms with Crippen LogP contribution in [0.25, 0.3) is 0 Å². The van der Waals surface area contributed by atoms with E-state index in [2.05, 4.69) is 34.8 Å². The zero-order valence-corrected chi connectivity index (χ0v) is 16.4. The Morgan fingerprint density at radius 1 is 1.26 bits per heavy atom. The minimum atomic E-state index is -0.0336. The fourth-order valence-electron chi connectivity index (χ4n) is 4.21. The molecule has 1 saturated heterocycles. The summed E-state index contributed by atoms with van der Waals surface area (Å²) in [4.78, 5) is 19.3. The summed E-state index contributed by atoms with van der Waals surface area (Å²) in [5, 5.41) is 4.04. The second kappa shape index (κ2) is 7.87. The number of aromatic nitrogens is 3. The van der Waals surface area contributed by atoms with E-state index in [0.29, 0.717) is 17.6 Å².